The smallest absolute Gasteiger partial charge is 0.242 e. The van der Waals surface area contributed by atoms with E-state index in [9.17, 15) is 23.6 Å². The molecule has 19 aromatic rings. The van der Waals surface area contributed by atoms with Gasteiger partial charge in [-0.1, -0.05) is 78.3 Å². The second-order valence-corrected chi connectivity index (χ2v) is 32.1. The van der Waals surface area contributed by atoms with Crippen molar-refractivity contribution in [2.24, 2.45) is 0 Å². The zero-order valence-corrected chi connectivity index (χ0v) is 77.6. The summed E-state index contributed by atoms with van der Waals surface area (Å²) < 4.78 is 23.6. The Kier molecular flexibility index (Phi) is 29.0. The van der Waals surface area contributed by atoms with Crippen molar-refractivity contribution in [3.8, 4) is 98.1 Å². The summed E-state index contributed by atoms with van der Waals surface area (Å²) in [5.74, 6) is 26.4. The summed E-state index contributed by atoms with van der Waals surface area (Å²) in [6.45, 7) is 14.9. The third kappa shape index (κ3) is 21.6. The van der Waals surface area contributed by atoms with E-state index in [1.807, 2.05) is 269 Å². The highest BCUT2D eigenvalue weighted by molar-refractivity contribution is 5.97. The van der Waals surface area contributed by atoms with Crippen LogP contribution in [0.1, 0.15) is 95.5 Å². The Morgan fingerprint density at radius 1 is 0.326 bits per heavy atom. The number of hydrogen-bond donors (Lipinski definition) is 8. The van der Waals surface area contributed by atoms with E-state index in [0.717, 1.165) is 129 Å². The first-order chi connectivity index (χ1) is 67.1. The van der Waals surface area contributed by atoms with Gasteiger partial charge in [0.2, 0.25) is 23.6 Å². The number of nitrogens with one attached hydrogen (secondary N) is 8. The molecule has 0 saturated carbocycles. The number of amides is 4. The molecule has 682 valence electrons. The van der Waals surface area contributed by atoms with Crippen molar-refractivity contribution in [3.63, 3.8) is 0 Å². The summed E-state index contributed by atoms with van der Waals surface area (Å²) in [6.07, 6.45) is 16.5. The molecule has 0 aliphatic heterocycles. The fraction of sp³-hybridized carbons (Fsp3) is 0.147. The number of carbonyl (C=O) groups excluding carboxylic acids is 4. The van der Waals surface area contributed by atoms with Gasteiger partial charge in [0.05, 0.1) is 87.1 Å². The maximum atomic E-state index is 13.8. The predicted octanol–water partition coefficient (Wildman–Crippen LogP) is 16.0. The van der Waals surface area contributed by atoms with E-state index in [4.69, 9.17) is 15.0 Å². The Bertz CT molecular complexity index is 8070. The predicted molar refractivity (Wildman–Crippen MR) is 539 cm³/mol. The Balaban J connectivity index is 0.000000133. The lowest BCUT2D eigenvalue weighted by atomic mass is 10.1. The van der Waals surface area contributed by atoms with E-state index in [2.05, 4.69) is 130 Å². The Morgan fingerprint density at radius 3 is 1.15 bits per heavy atom. The average Bonchev–Trinajstić information content (AvgIpc) is 1.64. The molecule has 0 fully saturated rings. The first-order valence-electron chi connectivity index (χ1n) is 44.4. The van der Waals surface area contributed by atoms with Gasteiger partial charge in [-0.25, -0.2) is 49.2 Å². The minimum absolute atomic E-state index is 0.157. The fourth-order valence-electron chi connectivity index (χ4n) is 15.0. The Labute approximate surface area is 795 Å². The maximum absolute atomic E-state index is 13.8. The minimum Gasteiger partial charge on any atom is -0.309 e. The van der Waals surface area contributed by atoms with Crippen LogP contribution < -0.4 is 42.5 Å². The molecule has 0 aliphatic carbocycles. The molecule has 0 aliphatic rings. The molecule has 4 aromatic carbocycles. The van der Waals surface area contributed by atoms with Crippen molar-refractivity contribution >= 4 is 91.3 Å². The minimum atomic E-state index is -0.386. The quantitative estimate of drug-likeness (QED) is 0.0393. The molecule has 15 heterocycles. The van der Waals surface area contributed by atoms with E-state index in [0.29, 0.717) is 57.4 Å². The zero-order chi connectivity index (χ0) is 96.5. The van der Waals surface area contributed by atoms with Crippen LogP contribution in [-0.2, 0) is 19.2 Å². The lowest BCUT2D eigenvalue weighted by molar-refractivity contribution is -0.118. The Hall–Kier alpha value is -17.8. The van der Waals surface area contributed by atoms with Crippen LogP contribution in [0.4, 0.5) is 27.7 Å². The number of aryl methyl sites for hydroxylation is 4. The van der Waals surface area contributed by atoms with Crippen LogP contribution in [0.25, 0.3) is 95.1 Å². The second-order valence-electron chi connectivity index (χ2n) is 32.1. The summed E-state index contributed by atoms with van der Waals surface area (Å²) in [5, 5.41) is 25.1. The zero-order valence-electron chi connectivity index (χ0n) is 77.6. The largest absolute Gasteiger partial charge is 0.309 e. The summed E-state index contributed by atoms with van der Waals surface area (Å²) in [6, 6.07) is 70.9. The van der Waals surface area contributed by atoms with E-state index >= 15 is 0 Å². The summed E-state index contributed by atoms with van der Waals surface area (Å²) in [7, 11) is 6.94. The molecule has 0 spiro atoms. The van der Waals surface area contributed by atoms with Gasteiger partial charge in [-0.05, 0) is 277 Å². The molecule has 19 rings (SSSR count). The third-order valence-corrected chi connectivity index (χ3v) is 22.8. The molecule has 28 nitrogen and oxygen atoms in total. The lowest BCUT2D eigenvalue weighted by Crippen LogP contribution is -2.35. The van der Waals surface area contributed by atoms with Gasteiger partial charge in [0.25, 0.3) is 0 Å². The van der Waals surface area contributed by atoms with Gasteiger partial charge in [0.1, 0.15) is 74.5 Å². The Morgan fingerprint density at radius 2 is 0.717 bits per heavy atom. The molecular formula is C109H95FN24O4. The third-order valence-electron chi connectivity index (χ3n) is 22.8. The number of nitrogens with zero attached hydrogens (tertiary/aromatic N) is 16. The monoisotopic (exact) mass is 1820 g/mol. The van der Waals surface area contributed by atoms with Crippen molar-refractivity contribution in [2.75, 3.05) is 49.5 Å². The molecule has 4 atom stereocenters. The number of imidazole rings is 5. The van der Waals surface area contributed by atoms with Crippen LogP contribution in [0.5, 0.6) is 0 Å². The van der Waals surface area contributed by atoms with Crippen LogP contribution >= 0.6 is 0 Å². The number of benzene rings is 4. The van der Waals surface area contributed by atoms with Crippen molar-refractivity contribution in [1.82, 2.24) is 98.3 Å². The first kappa shape index (κ1) is 93.4. The van der Waals surface area contributed by atoms with Gasteiger partial charge in [-0.2, -0.15) is 0 Å². The second kappa shape index (κ2) is 42.8. The molecule has 138 heavy (non-hydrogen) atoms. The van der Waals surface area contributed by atoms with Crippen LogP contribution in [0.3, 0.4) is 0 Å². The lowest BCUT2D eigenvalue weighted by Gasteiger charge is -2.12. The number of likely N-dealkylation sites (N-methyl/N-ethyl adjacent to an activating group) is 4. The summed E-state index contributed by atoms with van der Waals surface area (Å²) in [4.78, 5) is 99.9. The normalized spacial score (nSPS) is 11.7. The van der Waals surface area contributed by atoms with Gasteiger partial charge in [-0.15, -0.1) is 0 Å². The number of carbonyl (C=O) groups is 4. The van der Waals surface area contributed by atoms with Crippen LogP contribution in [0.2, 0.25) is 0 Å². The summed E-state index contributed by atoms with van der Waals surface area (Å²) >= 11 is 0. The van der Waals surface area contributed by atoms with Crippen molar-refractivity contribution in [1.29, 1.82) is 0 Å². The highest BCUT2D eigenvalue weighted by atomic mass is 19.1. The fourth-order valence-corrected chi connectivity index (χ4v) is 15.0. The number of aromatic nitrogens is 16. The molecule has 0 saturated heterocycles. The molecule has 15 aromatic heterocycles. The maximum Gasteiger partial charge on any atom is 0.242 e. The SMILES string of the molecule is CN[C@@H](C)C(=O)Nc1ccc(-c2c(C)nc3cc(F)ccn23)c(C#Cc2ccc3ncccc3c2)n1.CN[C@@H](C)C(=O)Nc1ccc(-c2c(C)nc3ccccn23)c(C#Cc2ccc(-n3ccnc3)cc2)n1.CN[C@@H](C)C(=O)Nc1ccc(-c2c(C)nc3ccccn23)c(C#Cc2cccc3ncccc23)n1.CN[C@@H](C)C(=O)Nc1ccc(-c2c(C)nc3ccccn23)c(C#Cc2ccccc2)n1. The van der Waals surface area contributed by atoms with Crippen molar-refractivity contribution in [3.05, 3.63) is 360 Å². The first-order valence-corrected chi connectivity index (χ1v) is 44.4. The topological polar surface area (TPSA) is 329 Å². The van der Waals surface area contributed by atoms with Crippen LogP contribution in [0.15, 0.2) is 286 Å². The van der Waals surface area contributed by atoms with Gasteiger partial charge in [-0.3, -0.25) is 46.7 Å². The van der Waals surface area contributed by atoms with Crippen LogP contribution in [0, 0.1) is 80.9 Å². The molecular weight excluding hydrogens is 1730 g/mol. The number of pyridine rings is 10. The van der Waals surface area contributed by atoms with Gasteiger partial charge >= 0.3 is 0 Å². The molecule has 29 heteroatoms. The summed E-state index contributed by atoms with van der Waals surface area (Å²) in [5.41, 5.74) is 21.5. The van der Waals surface area contributed by atoms with E-state index in [-0.39, 0.29) is 53.6 Å². The molecule has 8 N–H and O–H groups in total. The van der Waals surface area contributed by atoms with E-state index < -0.39 is 0 Å². The van der Waals surface area contributed by atoms with Gasteiger partial charge in [0, 0.05) is 117 Å². The molecule has 0 unspecified atom stereocenters. The van der Waals surface area contributed by atoms with E-state index in [1.54, 1.807) is 111 Å². The van der Waals surface area contributed by atoms with Crippen molar-refractivity contribution in [2.45, 2.75) is 79.6 Å². The van der Waals surface area contributed by atoms with Crippen LogP contribution in [-0.4, -0.2) is 153 Å². The van der Waals surface area contributed by atoms with Gasteiger partial charge < -0.3 is 47.1 Å². The highest BCUT2D eigenvalue weighted by Gasteiger charge is 2.24. The van der Waals surface area contributed by atoms with Gasteiger partial charge in [0.15, 0.2) is 0 Å². The highest BCUT2D eigenvalue weighted by Crippen LogP contribution is 2.34. The molecule has 4 amide bonds. The van der Waals surface area contributed by atoms with Crippen molar-refractivity contribution < 1.29 is 23.6 Å². The average molecular weight is 1820 g/mol. The number of fused-ring (bicyclic) bond motifs is 6. The standard InChI is InChI=1S/C28H23FN6O.C28H25N7O.C28H24N6O.C25H23N5O/c1-17-27(35-14-12-21(29)16-26(35)32-17)22-8-11-25(34-28(36)18(2)30-3)33-24(22)10-7-19-6-9-23-20(15-19)5-4-13-31-23;1-19-27(35-16-5-4-6-26(35)31-19)23-12-14-25(33-28(36)20(2)29-3)32-24(23)13-9-21-7-10-22(11-8-21)34-17-15-30-18-34;1-18-27(34-17-5-4-11-26(34)31-18)22-13-15-25(33-28(35)19(2)29-3)32-24(22)14-12-20-8-6-10-23-21(20)9-7-16-30-23;1-17-24(30-16-8-7-11-23(30)27-17)20-13-15-22(29-25(31)18(2)26-3)28-21(20)14-12-19-9-5-4-6-10-19/h4-6,8-9,11-16,18,30H,1-3H3,(H,33,34,36);4-8,10-12,14-18,20,29H,1-3H3,(H,32,33,36);4-11,13,15-17,19,29H,1-3H3,(H,32,33,35);4-11,13,15-16,18,26H,1-3H3,(H,28,29,31)/t18-;20-;19-;18-/m0000/s1. The number of anilines is 4. The van der Waals surface area contributed by atoms with E-state index in [1.165, 1.54) is 12.1 Å². The molecule has 0 bridgehead atoms. The number of halogens is 1. The molecule has 0 radical (unpaired) electrons. The number of rotatable bonds is 17. The number of hydrogen-bond acceptors (Lipinski definition) is 19.